The Kier molecular flexibility index (Phi) is 3.16. The van der Waals surface area contributed by atoms with E-state index in [1.165, 1.54) is 6.20 Å². The van der Waals surface area contributed by atoms with Crippen molar-refractivity contribution in [3.8, 4) is 17.2 Å². The lowest BCUT2D eigenvalue weighted by atomic mass is 10.1. The molecule has 0 aliphatic rings. The van der Waals surface area contributed by atoms with Gasteiger partial charge in [-0.05, 0) is 30.3 Å². The fourth-order valence-corrected chi connectivity index (χ4v) is 2.02. The zero-order valence-electron chi connectivity index (χ0n) is 10.9. The van der Waals surface area contributed by atoms with Crippen molar-refractivity contribution < 1.29 is 19.7 Å². The number of hydrogen-bond donors (Lipinski definition) is 2. The van der Waals surface area contributed by atoms with E-state index in [-0.39, 0.29) is 11.4 Å². The summed E-state index contributed by atoms with van der Waals surface area (Å²) in [7, 11) is 0. The summed E-state index contributed by atoms with van der Waals surface area (Å²) in [5.74, 6) is -0.474. The average molecular weight is 281 g/mol. The van der Waals surface area contributed by atoms with E-state index in [4.69, 9.17) is 9.84 Å². The van der Waals surface area contributed by atoms with E-state index in [1.807, 2.05) is 18.2 Å². The first-order chi connectivity index (χ1) is 10.1. The molecule has 5 nitrogen and oxygen atoms in total. The molecule has 2 N–H and O–H groups in total. The standard InChI is InChI=1S/C16H11NO4/c18-15-13-8-12(21-11-4-2-1-3-5-11)7-6-10(13)9-17-14(15)16(19)20/h1-9,18H,(H,19,20). The van der Waals surface area contributed by atoms with Crippen molar-refractivity contribution in [1.29, 1.82) is 0 Å². The van der Waals surface area contributed by atoms with Crippen molar-refractivity contribution in [1.82, 2.24) is 4.98 Å². The smallest absolute Gasteiger partial charge is 0.358 e. The third-order valence-corrected chi connectivity index (χ3v) is 3.02. The Morgan fingerprint density at radius 2 is 1.81 bits per heavy atom. The third-order valence-electron chi connectivity index (χ3n) is 3.02. The molecule has 21 heavy (non-hydrogen) atoms. The number of carboxylic acids is 1. The number of nitrogens with zero attached hydrogens (tertiary/aromatic N) is 1. The first-order valence-corrected chi connectivity index (χ1v) is 6.23. The van der Waals surface area contributed by atoms with Crippen LogP contribution < -0.4 is 4.74 Å². The molecule has 0 radical (unpaired) electrons. The van der Waals surface area contributed by atoms with Gasteiger partial charge in [0.25, 0.3) is 0 Å². The molecule has 2 aromatic carbocycles. The number of hydrogen-bond acceptors (Lipinski definition) is 4. The zero-order chi connectivity index (χ0) is 14.8. The van der Waals surface area contributed by atoms with Gasteiger partial charge in [-0.15, -0.1) is 0 Å². The Labute approximate surface area is 120 Å². The van der Waals surface area contributed by atoms with Crippen LogP contribution in [0, 0.1) is 0 Å². The van der Waals surface area contributed by atoms with Gasteiger partial charge < -0.3 is 14.9 Å². The summed E-state index contributed by atoms with van der Waals surface area (Å²) in [5.41, 5.74) is -0.376. The molecule has 5 heteroatoms. The molecule has 1 aromatic heterocycles. The summed E-state index contributed by atoms with van der Waals surface area (Å²) in [5, 5.41) is 20.0. The molecule has 0 saturated heterocycles. The fourth-order valence-electron chi connectivity index (χ4n) is 2.02. The normalized spacial score (nSPS) is 10.5. The van der Waals surface area contributed by atoms with Gasteiger partial charge in [0.1, 0.15) is 11.5 Å². The number of benzene rings is 2. The van der Waals surface area contributed by atoms with Crippen molar-refractivity contribution in [2.24, 2.45) is 0 Å². The Morgan fingerprint density at radius 1 is 1.05 bits per heavy atom. The number of aromatic nitrogens is 1. The van der Waals surface area contributed by atoms with Crippen molar-refractivity contribution in [3.63, 3.8) is 0 Å². The van der Waals surface area contributed by atoms with Gasteiger partial charge in [-0.2, -0.15) is 0 Å². The Balaban J connectivity index is 2.06. The van der Waals surface area contributed by atoms with Gasteiger partial charge in [-0.25, -0.2) is 9.78 Å². The number of fused-ring (bicyclic) bond motifs is 1. The molecule has 0 aliphatic carbocycles. The highest BCUT2D eigenvalue weighted by Gasteiger charge is 2.15. The number of para-hydroxylation sites is 1. The molecule has 0 unspecified atom stereocenters. The largest absolute Gasteiger partial charge is 0.505 e. The van der Waals surface area contributed by atoms with Crippen LogP contribution in [0.25, 0.3) is 10.8 Å². The highest BCUT2D eigenvalue weighted by molar-refractivity contribution is 5.98. The fraction of sp³-hybridized carbons (Fsp3) is 0. The minimum Gasteiger partial charge on any atom is -0.505 e. The van der Waals surface area contributed by atoms with Gasteiger partial charge >= 0.3 is 5.97 Å². The average Bonchev–Trinajstić information content (AvgIpc) is 2.49. The number of pyridine rings is 1. The van der Waals surface area contributed by atoms with Crippen molar-refractivity contribution in [3.05, 3.63) is 60.4 Å². The van der Waals surface area contributed by atoms with Crippen LogP contribution in [-0.2, 0) is 0 Å². The highest BCUT2D eigenvalue weighted by atomic mass is 16.5. The maximum atomic E-state index is 11.0. The van der Waals surface area contributed by atoms with E-state index in [0.29, 0.717) is 22.3 Å². The summed E-state index contributed by atoms with van der Waals surface area (Å²) in [4.78, 5) is 14.7. The van der Waals surface area contributed by atoms with Crippen molar-refractivity contribution >= 4 is 16.7 Å². The molecule has 3 aromatic rings. The number of ether oxygens (including phenoxy) is 1. The molecule has 0 amide bonds. The van der Waals surface area contributed by atoms with Gasteiger partial charge in [0.2, 0.25) is 0 Å². The van der Waals surface area contributed by atoms with E-state index in [2.05, 4.69) is 4.98 Å². The molecule has 3 rings (SSSR count). The van der Waals surface area contributed by atoms with Crippen LogP contribution in [0.5, 0.6) is 17.2 Å². The number of aromatic carboxylic acids is 1. The number of carboxylic acid groups (broad SMARTS) is 1. The molecule has 0 bridgehead atoms. The monoisotopic (exact) mass is 281 g/mol. The summed E-state index contributed by atoms with van der Waals surface area (Å²) in [6, 6.07) is 14.2. The number of aromatic hydroxyl groups is 1. The van der Waals surface area contributed by atoms with Crippen LogP contribution in [0.1, 0.15) is 10.5 Å². The molecule has 0 spiro atoms. The van der Waals surface area contributed by atoms with Gasteiger partial charge in [0, 0.05) is 17.0 Å². The maximum Gasteiger partial charge on any atom is 0.358 e. The van der Waals surface area contributed by atoms with Gasteiger partial charge in [-0.1, -0.05) is 18.2 Å². The summed E-state index contributed by atoms with van der Waals surface area (Å²) in [6.45, 7) is 0. The van der Waals surface area contributed by atoms with E-state index in [0.717, 1.165) is 0 Å². The van der Waals surface area contributed by atoms with E-state index < -0.39 is 5.97 Å². The topological polar surface area (TPSA) is 79.7 Å². The molecule has 0 aliphatic heterocycles. The summed E-state index contributed by atoms with van der Waals surface area (Å²) >= 11 is 0. The minimum absolute atomic E-state index is 0.362. The first-order valence-electron chi connectivity index (χ1n) is 6.23. The highest BCUT2D eigenvalue weighted by Crippen LogP contribution is 2.31. The molecular weight excluding hydrogens is 270 g/mol. The second kappa shape index (κ2) is 5.13. The zero-order valence-corrected chi connectivity index (χ0v) is 10.9. The lowest BCUT2D eigenvalue weighted by molar-refractivity contribution is 0.0687. The summed E-state index contributed by atoms with van der Waals surface area (Å²) in [6.07, 6.45) is 1.41. The molecular formula is C16H11NO4. The van der Waals surface area contributed by atoms with Gasteiger partial charge in [0.05, 0.1) is 0 Å². The summed E-state index contributed by atoms with van der Waals surface area (Å²) < 4.78 is 5.66. The van der Waals surface area contributed by atoms with Gasteiger partial charge in [-0.3, -0.25) is 0 Å². The number of rotatable bonds is 3. The van der Waals surface area contributed by atoms with Crippen LogP contribution in [0.4, 0.5) is 0 Å². The predicted octanol–water partition coefficient (Wildman–Crippen LogP) is 3.43. The minimum atomic E-state index is -1.27. The maximum absolute atomic E-state index is 11.0. The molecule has 0 fully saturated rings. The first kappa shape index (κ1) is 12.9. The lowest BCUT2D eigenvalue weighted by Gasteiger charge is -2.08. The third kappa shape index (κ3) is 2.49. The van der Waals surface area contributed by atoms with Gasteiger partial charge in [0.15, 0.2) is 11.4 Å². The van der Waals surface area contributed by atoms with Crippen LogP contribution in [-0.4, -0.2) is 21.2 Å². The lowest BCUT2D eigenvalue weighted by Crippen LogP contribution is -2.00. The van der Waals surface area contributed by atoms with Crippen LogP contribution in [0.15, 0.2) is 54.7 Å². The van der Waals surface area contributed by atoms with Crippen LogP contribution in [0.3, 0.4) is 0 Å². The molecule has 0 atom stereocenters. The van der Waals surface area contributed by atoms with Crippen molar-refractivity contribution in [2.45, 2.75) is 0 Å². The second-order valence-corrected chi connectivity index (χ2v) is 4.42. The quantitative estimate of drug-likeness (QED) is 0.768. The van der Waals surface area contributed by atoms with Crippen molar-refractivity contribution in [2.75, 3.05) is 0 Å². The van der Waals surface area contributed by atoms with E-state index >= 15 is 0 Å². The molecule has 1 heterocycles. The van der Waals surface area contributed by atoms with E-state index in [1.54, 1.807) is 30.3 Å². The SMILES string of the molecule is O=C(O)c1ncc2ccc(Oc3ccccc3)cc2c1O. The Hall–Kier alpha value is -3.08. The molecule has 104 valence electrons. The Bertz CT molecular complexity index is 815. The number of carbonyl (C=O) groups is 1. The second-order valence-electron chi connectivity index (χ2n) is 4.42. The van der Waals surface area contributed by atoms with E-state index in [9.17, 15) is 9.90 Å². The van der Waals surface area contributed by atoms with Crippen LogP contribution >= 0.6 is 0 Å². The predicted molar refractivity (Wildman–Crippen MR) is 76.9 cm³/mol. The molecule has 0 saturated carbocycles. The van der Waals surface area contributed by atoms with Crippen LogP contribution in [0.2, 0.25) is 0 Å². The Morgan fingerprint density at radius 3 is 2.52 bits per heavy atom.